The maximum absolute atomic E-state index is 4.48. The van der Waals surface area contributed by atoms with Crippen molar-refractivity contribution < 1.29 is 0 Å². The molecule has 0 bridgehead atoms. The first-order chi connectivity index (χ1) is 9.29. The van der Waals surface area contributed by atoms with E-state index in [1.165, 1.54) is 41.5 Å². The van der Waals surface area contributed by atoms with Gasteiger partial charge in [0.15, 0.2) is 0 Å². The fourth-order valence-electron chi connectivity index (χ4n) is 2.72. The third kappa shape index (κ3) is 2.58. The van der Waals surface area contributed by atoms with Crippen molar-refractivity contribution in [2.24, 2.45) is 0 Å². The van der Waals surface area contributed by atoms with Crippen molar-refractivity contribution in [3.8, 4) is 0 Å². The van der Waals surface area contributed by atoms with Crippen LogP contribution in [0.2, 0.25) is 0 Å². The maximum atomic E-state index is 4.48. The predicted molar refractivity (Wildman–Crippen MR) is 85.5 cm³/mol. The van der Waals surface area contributed by atoms with Crippen LogP contribution in [0.5, 0.6) is 0 Å². The number of hydrogen-bond donors (Lipinski definition) is 1. The Morgan fingerprint density at radius 2 is 2.21 bits per heavy atom. The minimum Gasteiger partial charge on any atom is -0.366 e. The molecule has 0 spiro atoms. The van der Waals surface area contributed by atoms with Crippen LogP contribution in [-0.2, 0) is 12.8 Å². The van der Waals surface area contributed by atoms with Gasteiger partial charge in [0, 0.05) is 16.7 Å². The molecule has 1 aliphatic carbocycles. The zero-order valence-corrected chi connectivity index (χ0v) is 13.0. The molecule has 0 amide bonds. The highest BCUT2D eigenvalue weighted by atomic mass is 32.2. The molecule has 1 atom stereocenters. The topological polar surface area (TPSA) is 37.8 Å². The van der Waals surface area contributed by atoms with Gasteiger partial charge in [-0.3, -0.25) is 0 Å². The summed E-state index contributed by atoms with van der Waals surface area (Å²) in [6.07, 6.45) is 8.86. The second-order valence-corrected chi connectivity index (χ2v) is 7.11. The van der Waals surface area contributed by atoms with Crippen LogP contribution in [-0.4, -0.2) is 28.0 Å². The number of nitrogens with one attached hydrogen (secondary N) is 1. The number of aryl methyl sites for hydroxylation is 2. The van der Waals surface area contributed by atoms with Gasteiger partial charge in [-0.05, 0) is 44.4 Å². The minimum absolute atomic E-state index is 0.437. The molecule has 1 N–H and O–H groups in total. The largest absolute Gasteiger partial charge is 0.366 e. The van der Waals surface area contributed by atoms with E-state index in [2.05, 4.69) is 28.5 Å². The molecule has 2 aromatic heterocycles. The van der Waals surface area contributed by atoms with Crippen molar-refractivity contribution in [3.05, 3.63) is 16.8 Å². The number of hydrogen-bond acceptors (Lipinski definition) is 5. The second kappa shape index (κ2) is 5.67. The lowest BCUT2D eigenvalue weighted by atomic mass is 9.97. The summed E-state index contributed by atoms with van der Waals surface area (Å²) in [5.41, 5.74) is 1.51. The number of aromatic nitrogens is 2. The lowest BCUT2D eigenvalue weighted by Crippen LogP contribution is -2.19. The summed E-state index contributed by atoms with van der Waals surface area (Å²) >= 11 is 3.72. The SMILES string of the molecule is CSCC(C)Nc1ncnc2sc3c(c12)CCCC3. The first kappa shape index (κ1) is 13.2. The van der Waals surface area contributed by atoms with Crippen LogP contribution in [0.4, 0.5) is 5.82 Å². The summed E-state index contributed by atoms with van der Waals surface area (Å²) in [7, 11) is 0. The Labute approximate surface area is 122 Å². The van der Waals surface area contributed by atoms with Gasteiger partial charge in [0.25, 0.3) is 0 Å². The normalized spacial score (nSPS) is 16.3. The van der Waals surface area contributed by atoms with Crippen molar-refractivity contribution in [1.29, 1.82) is 0 Å². The summed E-state index contributed by atoms with van der Waals surface area (Å²) in [6, 6.07) is 0.437. The average Bonchev–Trinajstić information content (AvgIpc) is 2.78. The summed E-state index contributed by atoms with van der Waals surface area (Å²) in [6.45, 7) is 2.21. The fraction of sp³-hybridized carbons (Fsp3) is 0.571. The monoisotopic (exact) mass is 293 g/mol. The minimum atomic E-state index is 0.437. The highest BCUT2D eigenvalue weighted by molar-refractivity contribution is 7.98. The molecule has 1 unspecified atom stereocenters. The van der Waals surface area contributed by atoms with E-state index in [9.17, 15) is 0 Å². The van der Waals surface area contributed by atoms with Gasteiger partial charge >= 0.3 is 0 Å². The first-order valence-electron chi connectivity index (χ1n) is 6.80. The van der Waals surface area contributed by atoms with E-state index in [0.717, 1.165) is 16.4 Å². The number of nitrogens with zero attached hydrogens (tertiary/aromatic N) is 2. The summed E-state index contributed by atoms with van der Waals surface area (Å²) in [4.78, 5) is 11.6. The summed E-state index contributed by atoms with van der Waals surface area (Å²) in [5, 5.41) is 4.84. The molecule has 0 saturated carbocycles. The molecule has 2 heterocycles. The molecular weight excluding hydrogens is 274 g/mol. The zero-order valence-electron chi connectivity index (χ0n) is 11.4. The van der Waals surface area contributed by atoms with Crippen molar-refractivity contribution in [1.82, 2.24) is 9.97 Å². The molecule has 19 heavy (non-hydrogen) atoms. The zero-order chi connectivity index (χ0) is 13.2. The molecule has 2 aromatic rings. The third-order valence-electron chi connectivity index (χ3n) is 3.55. The lowest BCUT2D eigenvalue weighted by molar-refractivity contribution is 0.700. The standard InChI is InChI=1S/C14H19N3S2/c1-9(7-18-2)17-13-12-10-5-3-4-6-11(10)19-14(12)16-8-15-13/h8-9H,3-7H2,1-2H3,(H,15,16,17). The van der Waals surface area contributed by atoms with Crippen LogP contribution >= 0.6 is 23.1 Å². The molecular formula is C14H19N3S2. The molecule has 3 nitrogen and oxygen atoms in total. The second-order valence-electron chi connectivity index (χ2n) is 5.11. The molecule has 102 valence electrons. The van der Waals surface area contributed by atoms with E-state index >= 15 is 0 Å². The summed E-state index contributed by atoms with van der Waals surface area (Å²) < 4.78 is 0. The number of thiophene rings is 1. The highest BCUT2D eigenvalue weighted by Crippen LogP contribution is 2.38. The quantitative estimate of drug-likeness (QED) is 0.932. The Hall–Kier alpha value is -0.810. The van der Waals surface area contributed by atoms with Crippen LogP contribution in [0.1, 0.15) is 30.2 Å². The third-order valence-corrected chi connectivity index (χ3v) is 5.58. The lowest BCUT2D eigenvalue weighted by Gasteiger charge is -2.15. The molecule has 1 aliphatic rings. The van der Waals surface area contributed by atoms with Crippen molar-refractivity contribution in [3.63, 3.8) is 0 Å². The van der Waals surface area contributed by atoms with Gasteiger partial charge < -0.3 is 5.32 Å². The number of fused-ring (bicyclic) bond motifs is 3. The maximum Gasteiger partial charge on any atom is 0.138 e. The van der Waals surface area contributed by atoms with Gasteiger partial charge in [-0.1, -0.05) is 0 Å². The van der Waals surface area contributed by atoms with Gasteiger partial charge in [0.2, 0.25) is 0 Å². The molecule has 0 saturated heterocycles. The molecule has 0 aliphatic heterocycles. The van der Waals surface area contributed by atoms with Crippen LogP contribution in [0.3, 0.4) is 0 Å². The van der Waals surface area contributed by atoms with E-state index in [1.807, 2.05) is 23.1 Å². The highest BCUT2D eigenvalue weighted by Gasteiger charge is 2.20. The molecule has 0 fully saturated rings. The predicted octanol–water partition coefficient (Wildman–Crippen LogP) is 3.73. The van der Waals surface area contributed by atoms with E-state index in [4.69, 9.17) is 0 Å². The van der Waals surface area contributed by atoms with Crippen LogP contribution in [0, 0.1) is 0 Å². The van der Waals surface area contributed by atoms with Crippen LogP contribution in [0.25, 0.3) is 10.2 Å². The number of rotatable bonds is 4. The van der Waals surface area contributed by atoms with Gasteiger partial charge in [-0.15, -0.1) is 11.3 Å². The van der Waals surface area contributed by atoms with Crippen molar-refractivity contribution >= 4 is 39.1 Å². The van der Waals surface area contributed by atoms with Gasteiger partial charge in [-0.25, -0.2) is 9.97 Å². The Bertz CT molecular complexity index is 579. The Balaban J connectivity index is 2.01. The average molecular weight is 293 g/mol. The Morgan fingerprint density at radius 3 is 3.05 bits per heavy atom. The molecule has 0 radical (unpaired) electrons. The molecule has 0 aromatic carbocycles. The number of thioether (sulfide) groups is 1. The van der Waals surface area contributed by atoms with Gasteiger partial charge in [-0.2, -0.15) is 11.8 Å². The number of anilines is 1. The van der Waals surface area contributed by atoms with E-state index < -0.39 is 0 Å². The van der Waals surface area contributed by atoms with Crippen molar-refractivity contribution in [2.45, 2.75) is 38.6 Å². The molecule has 3 rings (SSSR count). The summed E-state index contributed by atoms with van der Waals surface area (Å²) in [5.74, 6) is 2.13. The van der Waals surface area contributed by atoms with E-state index in [1.54, 1.807) is 6.33 Å². The van der Waals surface area contributed by atoms with Gasteiger partial charge in [0.1, 0.15) is 17.0 Å². The van der Waals surface area contributed by atoms with Crippen LogP contribution < -0.4 is 5.32 Å². The van der Waals surface area contributed by atoms with Gasteiger partial charge in [0.05, 0.1) is 5.39 Å². The fourth-order valence-corrected chi connectivity index (χ4v) is 4.54. The first-order valence-corrected chi connectivity index (χ1v) is 9.01. The Kier molecular flexibility index (Phi) is 3.93. The van der Waals surface area contributed by atoms with Crippen LogP contribution in [0.15, 0.2) is 6.33 Å². The van der Waals surface area contributed by atoms with E-state index in [0.29, 0.717) is 6.04 Å². The molecule has 5 heteroatoms. The smallest absolute Gasteiger partial charge is 0.138 e. The van der Waals surface area contributed by atoms with Crippen molar-refractivity contribution in [2.75, 3.05) is 17.3 Å². The van der Waals surface area contributed by atoms with E-state index in [-0.39, 0.29) is 0 Å². The Morgan fingerprint density at radius 1 is 1.37 bits per heavy atom.